The van der Waals surface area contributed by atoms with E-state index >= 15 is 0 Å². The molecule has 0 aliphatic rings. The molecule has 2 aromatic rings. The highest BCUT2D eigenvalue weighted by Crippen LogP contribution is 2.26. The standard InChI is InChI=1S/C16H16O4/c1-19-14-4-2-3-5-15(14)20-16(18)11-8-12-6-9-13(17)10-7-12/h2-7,9-10,17H,8,11H2,1H3. The fraction of sp³-hybridized carbons (Fsp3) is 0.188. The summed E-state index contributed by atoms with van der Waals surface area (Å²) in [5.74, 6) is 0.851. The molecule has 0 aliphatic carbocycles. The lowest BCUT2D eigenvalue weighted by Gasteiger charge is -2.08. The maximum atomic E-state index is 11.8. The van der Waals surface area contributed by atoms with Crippen molar-refractivity contribution in [1.29, 1.82) is 0 Å². The van der Waals surface area contributed by atoms with Crippen molar-refractivity contribution >= 4 is 5.97 Å². The van der Waals surface area contributed by atoms with E-state index in [2.05, 4.69) is 0 Å². The van der Waals surface area contributed by atoms with Gasteiger partial charge in [-0.15, -0.1) is 0 Å². The number of aromatic hydroxyl groups is 1. The van der Waals surface area contributed by atoms with E-state index in [1.807, 2.05) is 6.07 Å². The molecule has 2 aromatic carbocycles. The van der Waals surface area contributed by atoms with Crippen molar-refractivity contribution in [2.75, 3.05) is 7.11 Å². The van der Waals surface area contributed by atoms with Gasteiger partial charge in [-0.3, -0.25) is 4.79 Å². The van der Waals surface area contributed by atoms with Gasteiger partial charge >= 0.3 is 5.97 Å². The highest BCUT2D eigenvalue weighted by atomic mass is 16.6. The van der Waals surface area contributed by atoms with Crippen LogP contribution in [0.5, 0.6) is 17.2 Å². The van der Waals surface area contributed by atoms with E-state index in [0.717, 1.165) is 5.56 Å². The average molecular weight is 272 g/mol. The number of hydrogen-bond acceptors (Lipinski definition) is 4. The van der Waals surface area contributed by atoms with Gasteiger partial charge in [-0.1, -0.05) is 24.3 Å². The van der Waals surface area contributed by atoms with Gasteiger partial charge in [0.1, 0.15) is 5.75 Å². The topological polar surface area (TPSA) is 55.8 Å². The number of aryl methyl sites for hydroxylation is 1. The second-order valence-electron chi connectivity index (χ2n) is 4.29. The molecule has 0 saturated heterocycles. The Morgan fingerprint density at radius 2 is 1.70 bits per heavy atom. The van der Waals surface area contributed by atoms with E-state index < -0.39 is 0 Å². The molecular weight excluding hydrogens is 256 g/mol. The third-order valence-corrected chi connectivity index (χ3v) is 2.85. The summed E-state index contributed by atoms with van der Waals surface area (Å²) in [5.41, 5.74) is 0.972. The number of carbonyl (C=O) groups excluding carboxylic acids is 1. The number of hydrogen-bond donors (Lipinski definition) is 1. The third kappa shape index (κ3) is 3.75. The molecule has 1 N–H and O–H groups in total. The molecule has 0 amide bonds. The van der Waals surface area contributed by atoms with Crippen LogP contribution in [-0.2, 0) is 11.2 Å². The molecule has 4 heteroatoms. The van der Waals surface area contributed by atoms with Gasteiger partial charge in [-0.05, 0) is 36.2 Å². The van der Waals surface area contributed by atoms with E-state index in [1.165, 1.54) is 7.11 Å². The van der Waals surface area contributed by atoms with Gasteiger partial charge in [0.25, 0.3) is 0 Å². The number of esters is 1. The molecule has 0 fully saturated rings. The number of ether oxygens (including phenoxy) is 2. The summed E-state index contributed by atoms with van der Waals surface area (Å²) in [6, 6.07) is 13.8. The Bertz CT molecular complexity index is 575. The van der Waals surface area contributed by atoms with Crippen LogP contribution in [0, 0.1) is 0 Å². The lowest BCUT2D eigenvalue weighted by atomic mass is 10.1. The molecule has 0 radical (unpaired) electrons. The first-order valence-electron chi connectivity index (χ1n) is 6.30. The first kappa shape index (κ1) is 13.9. The number of phenolic OH excluding ortho intramolecular Hbond substituents is 1. The van der Waals surface area contributed by atoms with Gasteiger partial charge in [0.05, 0.1) is 7.11 Å². The van der Waals surface area contributed by atoms with Gasteiger partial charge in [0.15, 0.2) is 11.5 Å². The summed E-state index contributed by atoms with van der Waals surface area (Å²) in [6.07, 6.45) is 0.830. The van der Waals surface area contributed by atoms with Crippen LogP contribution < -0.4 is 9.47 Å². The van der Waals surface area contributed by atoms with Crippen LogP contribution in [0.1, 0.15) is 12.0 Å². The van der Waals surface area contributed by atoms with Crippen molar-refractivity contribution in [1.82, 2.24) is 0 Å². The monoisotopic (exact) mass is 272 g/mol. The van der Waals surface area contributed by atoms with Crippen molar-refractivity contribution in [3.63, 3.8) is 0 Å². The van der Waals surface area contributed by atoms with Crippen molar-refractivity contribution in [2.24, 2.45) is 0 Å². The van der Waals surface area contributed by atoms with Crippen molar-refractivity contribution in [2.45, 2.75) is 12.8 Å². The second-order valence-corrected chi connectivity index (χ2v) is 4.29. The number of methoxy groups -OCH3 is 1. The van der Waals surface area contributed by atoms with Crippen LogP contribution in [0.25, 0.3) is 0 Å². The summed E-state index contributed by atoms with van der Waals surface area (Å²) in [6.45, 7) is 0. The minimum Gasteiger partial charge on any atom is -0.508 e. The van der Waals surface area contributed by atoms with Crippen LogP contribution in [0.15, 0.2) is 48.5 Å². The molecule has 0 unspecified atom stereocenters. The van der Waals surface area contributed by atoms with Gasteiger partial charge in [0, 0.05) is 6.42 Å². The zero-order valence-corrected chi connectivity index (χ0v) is 11.2. The minimum absolute atomic E-state index is 0.213. The van der Waals surface area contributed by atoms with Crippen molar-refractivity contribution in [3.05, 3.63) is 54.1 Å². The summed E-state index contributed by atoms with van der Waals surface area (Å²) < 4.78 is 10.4. The summed E-state index contributed by atoms with van der Waals surface area (Å²) in [4.78, 5) is 11.8. The second kappa shape index (κ2) is 6.61. The molecule has 0 aliphatic heterocycles. The smallest absolute Gasteiger partial charge is 0.311 e. The van der Waals surface area contributed by atoms with Gasteiger partial charge < -0.3 is 14.6 Å². The van der Waals surface area contributed by atoms with Crippen LogP contribution in [0.3, 0.4) is 0 Å². The number of para-hydroxylation sites is 2. The number of benzene rings is 2. The van der Waals surface area contributed by atoms with Crippen molar-refractivity contribution < 1.29 is 19.4 Å². The van der Waals surface area contributed by atoms with E-state index in [1.54, 1.807) is 42.5 Å². The molecule has 104 valence electrons. The quantitative estimate of drug-likeness (QED) is 0.671. The summed E-state index contributed by atoms with van der Waals surface area (Å²) in [7, 11) is 1.53. The van der Waals surface area contributed by atoms with Crippen LogP contribution in [-0.4, -0.2) is 18.2 Å². The maximum absolute atomic E-state index is 11.8. The Morgan fingerprint density at radius 1 is 1.05 bits per heavy atom. The number of carbonyl (C=O) groups is 1. The fourth-order valence-corrected chi connectivity index (χ4v) is 1.79. The normalized spacial score (nSPS) is 10.1. The highest BCUT2D eigenvalue weighted by molar-refractivity contribution is 5.73. The Labute approximate surface area is 117 Å². The first-order chi connectivity index (χ1) is 9.69. The average Bonchev–Trinajstić information content (AvgIpc) is 2.47. The molecular formula is C16H16O4. The molecule has 20 heavy (non-hydrogen) atoms. The zero-order chi connectivity index (χ0) is 14.4. The number of phenols is 1. The van der Waals surface area contributed by atoms with E-state index in [-0.39, 0.29) is 18.1 Å². The SMILES string of the molecule is COc1ccccc1OC(=O)CCc1ccc(O)cc1. The Morgan fingerprint density at radius 3 is 2.35 bits per heavy atom. The molecule has 4 nitrogen and oxygen atoms in total. The molecule has 0 spiro atoms. The lowest BCUT2D eigenvalue weighted by Crippen LogP contribution is -2.09. The van der Waals surface area contributed by atoms with E-state index in [9.17, 15) is 9.90 Å². The Kier molecular flexibility index (Phi) is 4.60. The van der Waals surface area contributed by atoms with Crippen molar-refractivity contribution in [3.8, 4) is 17.2 Å². The Hall–Kier alpha value is -2.49. The van der Waals surface area contributed by atoms with Crippen LogP contribution in [0.4, 0.5) is 0 Å². The fourth-order valence-electron chi connectivity index (χ4n) is 1.79. The van der Waals surface area contributed by atoms with E-state index in [0.29, 0.717) is 17.9 Å². The first-order valence-corrected chi connectivity index (χ1v) is 6.30. The largest absolute Gasteiger partial charge is 0.508 e. The zero-order valence-electron chi connectivity index (χ0n) is 11.2. The molecule has 2 rings (SSSR count). The predicted octanol–water partition coefficient (Wildman–Crippen LogP) is 2.94. The van der Waals surface area contributed by atoms with Gasteiger partial charge in [-0.25, -0.2) is 0 Å². The molecule has 0 saturated carbocycles. The third-order valence-electron chi connectivity index (χ3n) is 2.85. The van der Waals surface area contributed by atoms with E-state index in [4.69, 9.17) is 9.47 Å². The molecule has 0 atom stereocenters. The minimum atomic E-state index is -0.317. The predicted molar refractivity (Wildman–Crippen MR) is 75.1 cm³/mol. The Balaban J connectivity index is 1.91. The molecule has 0 bridgehead atoms. The van der Waals surface area contributed by atoms with Gasteiger partial charge in [0.2, 0.25) is 0 Å². The lowest BCUT2D eigenvalue weighted by molar-refractivity contribution is -0.134. The van der Waals surface area contributed by atoms with Gasteiger partial charge in [-0.2, -0.15) is 0 Å². The summed E-state index contributed by atoms with van der Waals surface area (Å²) >= 11 is 0. The molecule has 0 aromatic heterocycles. The number of rotatable bonds is 5. The van der Waals surface area contributed by atoms with Crippen LogP contribution >= 0.6 is 0 Å². The molecule has 0 heterocycles. The summed E-state index contributed by atoms with van der Waals surface area (Å²) in [5, 5.41) is 9.18. The maximum Gasteiger partial charge on any atom is 0.311 e. The highest BCUT2D eigenvalue weighted by Gasteiger charge is 2.09. The van der Waals surface area contributed by atoms with Crippen LogP contribution in [0.2, 0.25) is 0 Å².